The van der Waals surface area contributed by atoms with Gasteiger partial charge in [0.05, 0.1) is 12.8 Å². The van der Waals surface area contributed by atoms with Crippen LogP contribution in [0.4, 0.5) is 0 Å². The predicted molar refractivity (Wildman–Crippen MR) is 70.8 cm³/mol. The monoisotopic (exact) mass is 280 g/mol. The Labute approximate surface area is 110 Å². The van der Waals surface area contributed by atoms with E-state index in [2.05, 4.69) is 5.32 Å². The molecule has 18 heavy (non-hydrogen) atoms. The Hall–Kier alpha value is -0.660. The standard InChI is InChI=1S/C11H24N2O4S/c1-10(2)8-12-11(14)9-13(18(4,15)16)6-5-7-17-3/h10H,5-9H2,1-4H3,(H,12,14). The molecule has 0 unspecified atom stereocenters. The van der Waals surface area contributed by atoms with E-state index in [4.69, 9.17) is 4.74 Å². The highest BCUT2D eigenvalue weighted by molar-refractivity contribution is 7.88. The van der Waals surface area contributed by atoms with Crippen LogP contribution in [-0.4, -0.2) is 58.2 Å². The van der Waals surface area contributed by atoms with Crippen LogP contribution < -0.4 is 5.32 Å². The van der Waals surface area contributed by atoms with Crippen molar-refractivity contribution in [3.63, 3.8) is 0 Å². The van der Waals surface area contributed by atoms with Crippen LogP contribution in [0.3, 0.4) is 0 Å². The van der Waals surface area contributed by atoms with Crippen LogP contribution in [0.5, 0.6) is 0 Å². The first-order valence-electron chi connectivity index (χ1n) is 5.98. The molecule has 0 aromatic rings. The molecule has 7 heteroatoms. The molecule has 0 saturated carbocycles. The first kappa shape index (κ1) is 17.3. The van der Waals surface area contributed by atoms with E-state index in [-0.39, 0.29) is 12.5 Å². The molecule has 0 aliphatic rings. The lowest BCUT2D eigenvalue weighted by molar-refractivity contribution is -0.121. The lowest BCUT2D eigenvalue weighted by atomic mass is 10.2. The van der Waals surface area contributed by atoms with Gasteiger partial charge in [0.15, 0.2) is 0 Å². The first-order valence-corrected chi connectivity index (χ1v) is 7.83. The van der Waals surface area contributed by atoms with Gasteiger partial charge in [0.1, 0.15) is 0 Å². The summed E-state index contributed by atoms with van der Waals surface area (Å²) in [7, 11) is -1.81. The number of carbonyl (C=O) groups is 1. The van der Waals surface area contributed by atoms with Crippen LogP contribution in [0, 0.1) is 5.92 Å². The molecule has 0 radical (unpaired) electrons. The second kappa shape index (κ2) is 8.44. The number of rotatable bonds is 9. The normalized spacial score (nSPS) is 12.1. The fraction of sp³-hybridized carbons (Fsp3) is 0.909. The fourth-order valence-corrected chi connectivity index (χ4v) is 2.09. The molecular weight excluding hydrogens is 256 g/mol. The summed E-state index contributed by atoms with van der Waals surface area (Å²) in [5.41, 5.74) is 0. The Bertz CT molecular complexity index is 341. The number of ether oxygens (including phenoxy) is 1. The third kappa shape index (κ3) is 8.43. The summed E-state index contributed by atoms with van der Waals surface area (Å²) in [6.07, 6.45) is 1.68. The van der Waals surface area contributed by atoms with Crippen LogP contribution >= 0.6 is 0 Å². The zero-order chi connectivity index (χ0) is 14.2. The van der Waals surface area contributed by atoms with Crippen molar-refractivity contribution in [2.45, 2.75) is 20.3 Å². The fourth-order valence-electron chi connectivity index (χ4n) is 1.28. The van der Waals surface area contributed by atoms with E-state index in [1.54, 1.807) is 7.11 Å². The summed E-state index contributed by atoms with van der Waals surface area (Å²) >= 11 is 0. The van der Waals surface area contributed by atoms with Crippen LogP contribution in [-0.2, 0) is 19.6 Å². The van der Waals surface area contributed by atoms with Gasteiger partial charge in [-0.1, -0.05) is 13.8 Å². The molecule has 0 aliphatic heterocycles. The Morgan fingerprint density at radius 1 is 1.39 bits per heavy atom. The van der Waals surface area contributed by atoms with Crippen molar-refractivity contribution in [2.75, 3.05) is 39.6 Å². The van der Waals surface area contributed by atoms with Gasteiger partial charge in [-0.3, -0.25) is 4.79 Å². The Kier molecular flexibility index (Phi) is 8.13. The van der Waals surface area contributed by atoms with Crippen molar-refractivity contribution >= 4 is 15.9 Å². The number of nitrogens with zero attached hydrogens (tertiary/aromatic N) is 1. The van der Waals surface area contributed by atoms with Crippen molar-refractivity contribution in [3.8, 4) is 0 Å². The van der Waals surface area contributed by atoms with E-state index in [1.807, 2.05) is 13.8 Å². The summed E-state index contributed by atoms with van der Waals surface area (Å²) in [5.74, 6) is 0.0701. The molecule has 0 aromatic heterocycles. The molecule has 108 valence electrons. The van der Waals surface area contributed by atoms with Gasteiger partial charge in [-0.25, -0.2) is 8.42 Å². The van der Waals surface area contributed by atoms with Crippen LogP contribution in [0.2, 0.25) is 0 Å². The maximum Gasteiger partial charge on any atom is 0.235 e. The minimum absolute atomic E-state index is 0.130. The summed E-state index contributed by atoms with van der Waals surface area (Å²) < 4.78 is 29.0. The highest BCUT2D eigenvalue weighted by atomic mass is 32.2. The van der Waals surface area contributed by atoms with Gasteiger partial charge in [-0.2, -0.15) is 4.31 Å². The number of nitrogens with one attached hydrogen (secondary N) is 1. The van der Waals surface area contributed by atoms with Gasteiger partial charge in [0.25, 0.3) is 0 Å². The van der Waals surface area contributed by atoms with Gasteiger partial charge in [0.2, 0.25) is 15.9 Å². The van der Waals surface area contributed by atoms with E-state index in [0.29, 0.717) is 32.0 Å². The number of carbonyl (C=O) groups excluding carboxylic acids is 1. The average Bonchev–Trinajstić information content (AvgIpc) is 2.24. The Morgan fingerprint density at radius 3 is 2.44 bits per heavy atom. The van der Waals surface area contributed by atoms with Crippen LogP contribution in [0.25, 0.3) is 0 Å². The molecule has 0 fully saturated rings. The quantitative estimate of drug-likeness (QED) is 0.606. The number of hydrogen-bond acceptors (Lipinski definition) is 4. The SMILES string of the molecule is COCCCN(CC(=O)NCC(C)C)S(C)(=O)=O. The molecule has 0 bridgehead atoms. The highest BCUT2D eigenvalue weighted by Gasteiger charge is 2.19. The molecule has 1 N–H and O–H groups in total. The molecular formula is C11H24N2O4S. The lowest BCUT2D eigenvalue weighted by Gasteiger charge is -2.19. The van der Waals surface area contributed by atoms with Gasteiger partial charge in [-0.15, -0.1) is 0 Å². The van der Waals surface area contributed by atoms with E-state index < -0.39 is 10.0 Å². The van der Waals surface area contributed by atoms with Gasteiger partial charge in [-0.05, 0) is 12.3 Å². The molecule has 0 saturated heterocycles. The second-order valence-corrected chi connectivity index (χ2v) is 6.62. The maximum atomic E-state index is 11.6. The lowest BCUT2D eigenvalue weighted by Crippen LogP contribution is -2.41. The number of hydrogen-bond donors (Lipinski definition) is 1. The molecule has 6 nitrogen and oxygen atoms in total. The predicted octanol–water partition coefficient (Wildman–Crippen LogP) is 0.0567. The van der Waals surface area contributed by atoms with Crippen molar-refractivity contribution in [1.82, 2.24) is 9.62 Å². The average molecular weight is 280 g/mol. The highest BCUT2D eigenvalue weighted by Crippen LogP contribution is 2.00. The summed E-state index contributed by atoms with van der Waals surface area (Å²) in [6, 6.07) is 0. The third-order valence-electron chi connectivity index (χ3n) is 2.25. The van der Waals surface area contributed by atoms with Gasteiger partial charge < -0.3 is 10.1 Å². The zero-order valence-electron chi connectivity index (χ0n) is 11.6. The molecule has 1 amide bonds. The van der Waals surface area contributed by atoms with E-state index in [1.165, 1.54) is 4.31 Å². The Morgan fingerprint density at radius 2 is 2.00 bits per heavy atom. The van der Waals surface area contributed by atoms with E-state index in [9.17, 15) is 13.2 Å². The molecule has 0 aliphatic carbocycles. The molecule has 0 rings (SSSR count). The number of sulfonamides is 1. The third-order valence-corrected chi connectivity index (χ3v) is 3.50. The summed E-state index contributed by atoms with van der Waals surface area (Å²) in [5, 5.41) is 2.70. The molecule has 0 aromatic carbocycles. The minimum Gasteiger partial charge on any atom is -0.385 e. The summed E-state index contributed by atoms with van der Waals surface area (Å²) in [6.45, 7) is 5.14. The first-order chi connectivity index (χ1) is 8.27. The maximum absolute atomic E-state index is 11.6. The molecule has 0 heterocycles. The van der Waals surface area contributed by atoms with Crippen LogP contribution in [0.15, 0.2) is 0 Å². The number of amides is 1. The summed E-state index contributed by atoms with van der Waals surface area (Å²) in [4.78, 5) is 11.6. The Balaban J connectivity index is 4.28. The zero-order valence-corrected chi connectivity index (χ0v) is 12.4. The number of methoxy groups -OCH3 is 1. The van der Waals surface area contributed by atoms with E-state index in [0.717, 1.165) is 6.26 Å². The minimum atomic E-state index is -3.36. The second-order valence-electron chi connectivity index (χ2n) is 4.64. The molecule has 0 atom stereocenters. The topological polar surface area (TPSA) is 75.7 Å². The smallest absolute Gasteiger partial charge is 0.235 e. The van der Waals surface area contributed by atoms with Crippen molar-refractivity contribution in [1.29, 1.82) is 0 Å². The van der Waals surface area contributed by atoms with Gasteiger partial charge in [0, 0.05) is 26.8 Å². The van der Waals surface area contributed by atoms with Crippen molar-refractivity contribution in [2.24, 2.45) is 5.92 Å². The largest absolute Gasteiger partial charge is 0.385 e. The van der Waals surface area contributed by atoms with Crippen molar-refractivity contribution in [3.05, 3.63) is 0 Å². The van der Waals surface area contributed by atoms with Crippen LogP contribution in [0.1, 0.15) is 20.3 Å². The van der Waals surface area contributed by atoms with Crippen molar-refractivity contribution < 1.29 is 17.9 Å². The van der Waals surface area contributed by atoms with Gasteiger partial charge >= 0.3 is 0 Å². The van der Waals surface area contributed by atoms with E-state index >= 15 is 0 Å². The molecule has 0 spiro atoms.